The molecule has 0 heterocycles. The molecular weight excluding hydrogens is 622 g/mol. The molecule has 0 bridgehead atoms. The van der Waals surface area contributed by atoms with Crippen molar-refractivity contribution in [3.8, 4) is 5.75 Å². The van der Waals surface area contributed by atoms with E-state index in [2.05, 4.69) is 38.2 Å². The molecular formula is C44H65NO5. The van der Waals surface area contributed by atoms with Gasteiger partial charge in [0.1, 0.15) is 5.75 Å². The molecule has 0 aliphatic heterocycles. The maximum atomic E-state index is 14.2. The quantitative estimate of drug-likeness (QED) is 0.212. The van der Waals surface area contributed by atoms with Crippen LogP contribution in [-0.2, 0) is 24.5 Å². The van der Waals surface area contributed by atoms with Gasteiger partial charge in [-0.15, -0.1) is 0 Å². The van der Waals surface area contributed by atoms with Crippen molar-refractivity contribution >= 4 is 11.7 Å². The Labute approximate surface area is 302 Å². The van der Waals surface area contributed by atoms with Gasteiger partial charge >= 0.3 is 5.97 Å². The fraction of sp³-hybridized carbons (Fsp3) is 0.705. The molecule has 11 atom stereocenters. The second-order valence-electron chi connectivity index (χ2n) is 17.3. The summed E-state index contributed by atoms with van der Waals surface area (Å²) in [5, 5.41) is 3.68. The normalized spacial score (nSPS) is 35.3. The Morgan fingerprint density at radius 1 is 0.840 bits per heavy atom. The summed E-state index contributed by atoms with van der Waals surface area (Å²) >= 11 is 0. The first kappa shape index (κ1) is 37.2. The number of hydrogen-bond donors (Lipinski definition) is 1. The molecule has 1 unspecified atom stereocenters. The number of anilines is 1. The number of fused-ring (bicyclic) bond motifs is 5. The lowest BCUT2D eigenvalue weighted by Crippen LogP contribution is -2.58. The molecule has 1 N–H and O–H groups in total. The van der Waals surface area contributed by atoms with Crippen molar-refractivity contribution in [2.45, 2.75) is 129 Å². The molecule has 6 nitrogen and oxygen atoms in total. The Morgan fingerprint density at radius 3 is 2.20 bits per heavy atom. The molecule has 0 aromatic heterocycles. The summed E-state index contributed by atoms with van der Waals surface area (Å²) in [5.74, 6) is 4.77. The molecule has 50 heavy (non-hydrogen) atoms. The summed E-state index contributed by atoms with van der Waals surface area (Å²) in [6, 6.07) is 18.0. The number of carbonyl (C=O) groups excluding carboxylic acids is 1. The minimum absolute atomic E-state index is 0.210. The van der Waals surface area contributed by atoms with Crippen molar-refractivity contribution in [3.63, 3.8) is 0 Å². The third kappa shape index (κ3) is 6.85. The van der Waals surface area contributed by atoms with Crippen molar-refractivity contribution in [1.29, 1.82) is 0 Å². The van der Waals surface area contributed by atoms with Crippen molar-refractivity contribution in [1.82, 2.24) is 0 Å². The Kier molecular flexibility index (Phi) is 11.3. The minimum atomic E-state index is -0.995. The number of ether oxygens (including phenoxy) is 4. The van der Waals surface area contributed by atoms with E-state index >= 15 is 0 Å². The van der Waals surface area contributed by atoms with E-state index in [-0.39, 0.29) is 12.1 Å². The second-order valence-corrected chi connectivity index (χ2v) is 17.3. The van der Waals surface area contributed by atoms with Crippen LogP contribution in [0.1, 0.15) is 111 Å². The third-order valence-corrected chi connectivity index (χ3v) is 14.6. The summed E-state index contributed by atoms with van der Waals surface area (Å²) in [4.78, 5) is 14.2. The number of esters is 1. The molecule has 0 radical (unpaired) electrons. The first-order valence-corrected chi connectivity index (χ1v) is 19.7. The lowest BCUT2D eigenvalue weighted by molar-refractivity contribution is -0.182. The third-order valence-electron chi connectivity index (χ3n) is 14.6. The van der Waals surface area contributed by atoms with Crippen LogP contribution in [0.15, 0.2) is 54.6 Å². The molecule has 6 rings (SSSR count). The zero-order valence-electron chi connectivity index (χ0n) is 32.2. The largest absolute Gasteiger partial charge is 0.497 e. The Balaban J connectivity index is 1.19. The summed E-state index contributed by atoms with van der Waals surface area (Å²) in [6.07, 6.45) is 13.4. The Morgan fingerprint density at radius 2 is 1.54 bits per heavy atom. The molecule has 276 valence electrons. The van der Waals surface area contributed by atoms with E-state index in [0.29, 0.717) is 47.2 Å². The van der Waals surface area contributed by atoms with Crippen molar-refractivity contribution in [2.75, 3.05) is 26.6 Å². The van der Waals surface area contributed by atoms with Gasteiger partial charge < -0.3 is 24.3 Å². The van der Waals surface area contributed by atoms with Crippen LogP contribution in [0.3, 0.4) is 0 Å². The average Bonchev–Trinajstić information content (AvgIpc) is 3.48. The van der Waals surface area contributed by atoms with Gasteiger partial charge in [0, 0.05) is 19.9 Å². The van der Waals surface area contributed by atoms with E-state index in [9.17, 15) is 4.79 Å². The lowest BCUT2D eigenvalue weighted by Gasteiger charge is -2.63. The van der Waals surface area contributed by atoms with Crippen molar-refractivity contribution in [3.05, 3.63) is 60.2 Å². The van der Waals surface area contributed by atoms with Crippen molar-refractivity contribution in [2.24, 2.45) is 46.3 Å². The molecule has 2 aromatic rings. The average molecular weight is 688 g/mol. The van der Waals surface area contributed by atoms with E-state index in [1.807, 2.05) is 70.5 Å². The summed E-state index contributed by atoms with van der Waals surface area (Å²) in [5.41, 5.74) is 1.54. The first-order valence-electron chi connectivity index (χ1n) is 19.7. The van der Waals surface area contributed by atoms with Gasteiger partial charge in [0.05, 0.1) is 25.4 Å². The Hall–Kier alpha value is -2.57. The molecule has 6 heteroatoms. The topological polar surface area (TPSA) is 66.0 Å². The molecule has 2 aromatic carbocycles. The number of nitrogens with one attached hydrogen (secondary N) is 1. The standard InChI is InChI=1S/C44H65NO5/c1-29(2)50-41(46)44(31-14-10-9-11-15-31,45-32-16-18-33(47-6)19-17-32)24-12-13-30(3)36-20-21-37-35-28-40(49-8)39-27-34(48-7)22-25-43(39,5)38(35)23-26-42(36,37)4/h9-11,14-19,29-30,34-40,45H,12-13,20-28H2,1-8H3/t30-,34-,35+,36-,37+,38+,39?,40+,42-,43-,44+/m1/s1. The fourth-order valence-electron chi connectivity index (χ4n) is 12.1. The van der Waals surface area contributed by atoms with Crippen LogP contribution in [0.4, 0.5) is 5.69 Å². The van der Waals surface area contributed by atoms with Gasteiger partial charge in [-0.1, -0.05) is 57.5 Å². The second kappa shape index (κ2) is 15.2. The number of methoxy groups -OCH3 is 3. The van der Waals surface area contributed by atoms with Gasteiger partial charge in [-0.05, 0) is 154 Å². The van der Waals surface area contributed by atoms with E-state index in [4.69, 9.17) is 18.9 Å². The Bertz CT molecular complexity index is 1410. The van der Waals surface area contributed by atoms with Gasteiger partial charge in [0.15, 0.2) is 5.54 Å². The number of benzene rings is 2. The summed E-state index contributed by atoms with van der Waals surface area (Å²) < 4.78 is 23.7. The van der Waals surface area contributed by atoms with E-state index < -0.39 is 5.54 Å². The van der Waals surface area contributed by atoms with Gasteiger partial charge in [-0.3, -0.25) is 0 Å². The van der Waals surface area contributed by atoms with Crippen LogP contribution in [0, 0.1) is 46.3 Å². The predicted octanol–water partition coefficient (Wildman–Crippen LogP) is 10.1. The van der Waals surface area contributed by atoms with Crippen LogP contribution in [0.25, 0.3) is 0 Å². The number of carbonyl (C=O) groups is 1. The maximum absolute atomic E-state index is 14.2. The number of hydrogen-bond acceptors (Lipinski definition) is 6. The molecule has 0 saturated heterocycles. The highest BCUT2D eigenvalue weighted by molar-refractivity contribution is 5.86. The highest BCUT2D eigenvalue weighted by Gasteiger charge is 2.62. The highest BCUT2D eigenvalue weighted by Crippen LogP contribution is 2.68. The molecule has 4 aliphatic rings. The van der Waals surface area contributed by atoms with Crippen LogP contribution >= 0.6 is 0 Å². The summed E-state index contributed by atoms with van der Waals surface area (Å²) in [7, 11) is 5.52. The zero-order valence-corrected chi connectivity index (χ0v) is 32.2. The van der Waals surface area contributed by atoms with Crippen LogP contribution in [0.2, 0.25) is 0 Å². The summed E-state index contributed by atoms with van der Waals surface area (Å²) in [6.45, 7) is 11.6. The van der Waals surface area contributed by atoms with E-state index in [0.717, 1.165) is 54.0 Å². The molecule has 4 fully saturated rings. The molecule has 4 saturated carbocycles. The minimum Gasteiger partial charge on any atom is -0.497 e. The van der Waals surface area contributed by atoms with Crippen LogP contribution < -0.4 is 10.1 Å². The van der Waals surface area contributed by atoms with Crippen LogP contribution in [-0.4, -0.2) is 45.6 Å². The molecule has 0 amide bonds. The fourth-order valence-corrected chi connectivity index (χ4v) is 12.1. The van der Waals surface area contributed by atoms with Gasteiger partial charge in [0.2, 0.25) is 0 Å². The maximum Gasteiger partial charge on any atom is 0.336 e. The van der Waals surface area contributed by atoms with E-state index in [1.54, 1.807) is 7.11 Å². The lowest BCUT2D eigenvalue weighted by atomic mass is 9.43. The first-order chi connectivity index (χ1) is 24.0. The number of rotatable bonds is 13. The van der Waals surface area contributed by atoms with E-state index in [1.165, 1.54) is 44.9 Å². The monoisotopic (exact) mass is 687 g/mol. The van der Waals surface area contributed by atoms with Gasteiger partial charge in [-0.2, -0.15) is 0 Å². The van der Waals surface area contributed by atoms with Crippen molar-refractivity contribution < 1.29 is 23.7 Å². The SMILES string of the molecule is COc1ccc(N[C@](CCC[C@@H](C)[C@H]2CC[C@H]3[C@@H]4C[C@H](OC)C5C[C@H](OC)CC[C@]5(C)[C@H]4CC[C@]23C)(C(=O)OC(C)C)c2ccccc2)cc1. The molecule has 4 aliphatic carbocycles. The predicted molar refractivity (Wildman–Crippen MR) is 201 cm³/mol. The zero-order chi connectivity index (χ0) is 35.7. The van der Waals surface area contributed by atoms with Gasteiger partial charge in [-0.25, -0.2) is 4.79 Å². The molecule has 0 spiro atoms. The highest BCUT2D eigenvalue weighted by atomic mass is 16.5. The van der Waals surface area contributed by atoms with Gasteiger partial charge in [0.25, 0.3) is 0 Å². The smallest absolute Gasteiger partial charge is 0.336 e. The van der Waals surface area contributed by atoms with Crippen LogP contribution in [0.5, 0.6) is 5.75 Å².